The SMILES string of the molecule is Cc1ccc(O)c(CN2CCCC(C(=O)O)C2)c1. The smallest absolute Gasteiger partial charge is 0.307 e. The van der Waals surface area contributed by atoms with Crippen LogP contribution in [0.1, 0.15) is 24.0 Å². The van der Waals surface area contributed by atoms with Gasteiger partial charge in [0.25, 0.3) is 0 Å². The van der Waals surface area contributed by atoms with Crippen molar-refractivity contribution in [1.29, 1.82) is 0 Å². The van der Waals surface area contributed by atoms with E-state index < -0.39 is 5.97 Å². The molecule has 4 nitrogen and oxygen atoms in total. The standard InChI is InChI=1S/C14H19NO3/c1-10-4-5-13(16)12(7-10)9-15-6-2-3-11(8-15)14(17)18/h4-5,7,11,16H,2-3,6,8-9H2,1H3,(H,17,18). The Kier molecular flexibility index (Phi) is 3.87. The number of hydrogen-bond acceptors (Lipinski definition) is 3. The Morgan fingerprint density at radius 2 is 2.28 bits per heavy atom. The number of carbonyl (C=O) groups is 1. The third-order valence-corrected chi connectivity index (χ3v) is 3.48. The number of aliphatic carboxylic acids is 1. The topological polar surface area (TPSA) is 60.8 Å². The van der Waals surface area contributed by atoms with Gasteiger partial charge in [0, 0.05) is 18.7 Å². The molecule has 0 amide bonds. The van der Waals surface area contributed by atoms with Gasteiger partial charge in [0.1, 0.15) is 5.75 Å². The number of phenols is 1. The summed E-state index contributed by atoms with van der Waals surface area (Å²) in [6, 6.07) is 5.53. The Balaban J connectivity index is 2.04. The van der Waals surface area contributed by atoms with Crippen molar-refractivity contribution < 1.29 is 15.0 Å². The molecule has 0 spiro atoms. The molecule has 0 radical (unpaired) electrons. The van der Waals surface area contributed by atoms with Gasteiger partial charge in [-0.15, -0.1) is 0 Å². The van der Waals surface area contributed by atoms with Crippen LogP contribution < -0.4 is 0 Å². The van der Waals surface area contributed by atoms with Crippen LogP contribution in [0.3, 0.4) is 0 Å². The summed E-state index contributed by atoms with van der Waals surface area (Å²) >= 11 is 0. The lowest BCUT2D eigenvalue weighted by molar-refractivity contribution is -0.143. The Labute approximate surface area is 107 Å². The van der Waals surface area contributed by atoms with Crippen LogP contribution in [-0.4, -0.2) is 34.2 Å². The Hall–Kier alpha value is -1.55. The van der Waals surface area contributed by atoms with Crippen molar-refractivity contribution >= 4 is 5.97 Å². The second-order valence-corrected chi connectivity index (χ2v) is 5.04. The lowest BCUT2D eigenvalue weighted by atomic mass is 9.97. The number of hydrogen-bond donors (Lipinski definition) is 2. The van der Waals surface area contributed by atoms with Gasteiger partial charge in [-0.25, -0.2) is 0 Å². The zero-order valence-corrected chi connectivity index (χ0v) is 10.6. The Morgan fingerprint density at radius 3 is 3.00 bits per heavy atom. The molecule has 18 heavy (non-hydrogen) atoms. The van der Waals surface area contributed by atoms with Crippen LogP contribution in [0, 0.1) is 12.8 Å². The first kappa shape index (κ1) is 12.9. The van der Waals surface area contributed by atoms with Crippen LogP contribution in [0.5, 0.6) is 5.75 Å². The summed E-state index contributed by atoms with van der Waals surface area (Å²) in [7, 11) is 0. The molecule has 4 heteroatoms. The van der Waals surface area contributed by atoms with Crippen LogP contribution in [0.2, 0.25) is 0 Å². The molecular formula is C14H19NO3. The fourth-order valence-corrected chi connectivity index (χ4v) is 2.48. The molecule has 0 aliphatic carbocycles. The fourth-order valence-electron chi connectivity index (χ4n) is 2.48. The molecule has 1 fully saturated rings. The number of aromatic hydroxyl groups is 1. The zero-order valence-electron chi connectivity index (χ0n) is 10.6. The highest BCUT2D eigenvalue weighted by Crippen LogP contribution is 2.23. The van der Waals surface area contributed by atoms with Crippen molar-refractivity contribution in [3.05, 3.63) is 29.3 Å². The molecule has 1 aromatic rings. The van der Waals surface area contributed by atoms with E-state index in [1.165, 1.54) is 0 Å². The predicted molar refractivity (Wildman–Crippen MR) is 68.5 cm³/mol. The quantitative estimate of drug-likeness (QED) is 0.860. The largest absolute Gasteiger partial charge is 0.508 e. The third kappa shape index (κ3) is 3.01. The number of benzene rings is 1. The molecule has 1 atom stereocenters. The van der Waals surface area contributed by atoms with E-state index in [-0.39, 0.29) is 11.7 Å². The summed E-state index contributed by atoms with van der Waals surface area (Å²) in [6.07, 6.45) is 1.66. The zero-order chi connectivity index (χ0) is 13.1. The average Bonchev–Trinajstić information content (AvgIpc) is 2.34. The molecule has 0 aromatic heterocycles. The van der Waals surface area contributed by atoms with E-state index in [0.29, 0.717) is 13.1 Å². The fraction of sp³-hybridized carbons (Fsp3) is 0.500. The first-order valence-corrected chi connectivity index (χ1v) is 6.30. The maximum atomic E-state index is 11.0. The molecule has 98 valence electrons. The van der Waals surface area contributed by atoms with Gasteiger partial charge in [-0.1, -0.05) is 17.7 Å². The number of rotatable bonds is 3. The van der Waals surface area contributed by atoms with E-state index in [2.05, 4.69) is 4.90 Å². The molecule has 0 bridgehead atoms. The average molecular weight is 249 g/mol. The van der Waals surface area contributed by atoms with Crippen LogP contribution in [0.4, 0.5) is 0 Å². The van der Waals surface area contributed by atoms with Gasteiger partial charge >= 0.3 is 5.97 Å². The maximum Gasteiger partial charge on any atom is 0.307 e. The van der Waals surface area contributed by atoms with Crippen molar-refractivity contribution in [3.8, 4) is 5.75 Å². The Morgan fingerprint density at radius 1 is 1.50 bits per heavy atom. The molecule has 1 aromatic carbocycles. The van der Waals surface area contributed by atoms with Crippen molar-refractivity contribution in [2.75, 3.05) is 13.1 Å². The number of piperidine rings is 1. The van der Waals surface area contributed by atoms with Crippen LogP contribution in [0.15, 0.2) is 18.2 Å². The minimum Gasteiger partial charge on any atom is -0.508 e. The normalized spacial score (nSPS) is 20.8. The van der Waals surface area contributed by atoms with E-state index in [1.807, 2.05) is 19.1 Å². The second-order valence-electron chi connectivity index (χ2n) is 5.04. The molecule has 2 N–H and O–H groups in total. The summed E-state index contributed by atoms with van der Waals surface area (Å²) < 4.78 is 0. The lowest BCUT2D eigenvalue weighted by Gasteiger charge is -2.30. The van der Waals surface area contributed by atoms with E-state index in [1.54, 1.807) is 6.07 Å². The molecule has 1 heterocycles. The van der Waals surface area contributed by atoms with Gasteiger partial charge in [-0.2, -0.15) is 0 Å². The third-order valence-electron chi connectivity index (χ3n) is 3.48. The summed E-state index contributed by atoms with van der Waals surface area (Å²) in [5, 5.41) is 18.8. The number of phenolic OH excluding ortho intramolecular Hbond substituents is 1. The van der Waals surface area contributed by atoms with E-state index in [4.69, 9.17) is 5.11 Å². The minimum atomic E-state index is -0.715. The van der Waals surface area contributed by atoms with Crippen LogP contribution >= 0.6 is 0 Å². The van der Waals surface area contributed by atoms with Crippen molar-refractivity contribution in [1.82, 2.24) is 4.90 Å². The predicted octanol–water partition coefficient (Wildman–Crippen LogP) is 2.00. The Bertz CT molecular complexity index is 445. The van der Waals surface area contributed by atoms with Gasteiger partial charge in [0.2, 0.25) is 0 Å². The van der Waals surface area contributed by atoms with Gasteiger partial charge in [-0.3, -0.25) is 9.69 Å². The van der Waals surface area contributed by atoms with E-state index in [0.717, 1.165) is 30.5 Å². The number of carboxylic acids is 1. The van der Waals surface area contributed by atoms with Crippen molar-refractivity contribution in [2.24, 2.45) is 5.92 Å². The van der Waals surface area contributed by atoms with Crippen molar-refractivity contribution in [2.45, 2.75) is 26.3 Å². The minimum absolute atomic E-state index is 0.272. The van der Waals surface area contributed by atoms with E-state index in [9.17, 15) is 9.90 Å². The maximum absolute atomic E-state index is 11.0. The molecular weight excluding hydrogens is 230 g/mol. The van der Waals surface area contributed by atoms with Gasteiger partial charge in [-0.05, 0) is 32.4 Å². The van der Waals surface area contributed by atoms with Gasteiger partial charge in [0.05, 0.1) is 5.92 Å². The number of nitrogens with zero attached hydrogens (tertiary/aromatic N) is 1. The number of carboxylic acid groups (broad SMARTS) is 1. The first-order valence-electron chi connectivity index (χ1n) is 6.30. The molecule has 1 aliphatic heterocycles. The van der Waals surface area contributed by atoms with Gasteiger partial charge in [0.15, 0.2) is 0 Å². The van der Waals surface area contributed by atoms with E-state index >= 15 is 0 Å². The summed E-state index contributed by atoms with van der Waals surface area (Å²) in [5.41, 5.74) is 1.98. The molecule has 1 aliphatic rings. The van der Waals surface area contributed by atoms with Gasteiger partial charge < -0.3 is 10.2 Å². The first-order chi connectivity index (χ1) is 8.56. The monoisotopic (exact) mass is 249 g/mol. The molecule has 1 unspecified atom stereocenters. The highest BCUT2D eigenvalue weighted by Gasteiger charge is 2.25. The highest BCUT2D eigenvalue weighted by molar-refractivity contribution is 5.70. The molecule has 0 saturated carbocycles. The summed E-state index contributed by atoms with van der Waals surface area (Å²) in [4.78, 5) is 13.1. The highest BCUT2D eigenvalue weighted by atomic mass is 16.4. The molecule has 1 saturated heterocycles. The second kappa shape index (κ2) is 5.40. The molecule has 2 rings (SSSR count). The lowest BCUT2D eigenvalue weighted by Crippen LogP contribution is -2.38. The van der Waals surface area contributed by atoms with Crippen LogP contribution in [0.25, 0.3) is 0 Å². The number of likely N-dealkylation sites (tertiary alicyclic amines) is 1. The van der Waals surface area contributed by atoms with Crippen molar-refractivity contribution in [3.63, 3.8) is 0 Å². The summed E-state index contributed by atoms with van der Waals surface area (Å²) in [6.45, 7) is 4.08. The van der Waals surface area contributed by atoms with Crippen LogP contribution in [-0.2, 0) is 11.3 Å². The number of aryl methyl sites for hydroxylation is 1. The summed E-state index contributed by atoms with van der Waals surface area (Å²) in [5.74, 6) is -0.697.